The average molecular weight is 639 g/mol. The van der Waals surface area contributed by atoms with Crippen LogP contribution in [0.25, 0.3) is 83.9 Å². The minimum atomic E-state index is 0.833. The van der Waals surface area contributed by atoms with Crippen molar-refractivity contribution in [3.63, 3.8) is 0 Å². The largest absolute Gasteiger partial charge is 0.455 e. The lowest BCUT2D eigenvalue weighted by Gasteiger charge is -2.18. The lowest BCUT2D eigenvalue weighted by atomic mass is 9.91. The summed E-state index contributed by atoms with van der Waals surface area (Å²) in [6.07, 6.45) is 6.35. The van der Waals surface area contributed by atoms with Crippen molar-refractivity contribution in [2.45, 2.75) is 0 Å². The molecular weight excluding hydrogens is 609 g/mol. The van der Waals surface area contributed by atoms with Gasteiger partial charge in [0, 0.05) is 39.2 Å². The van der Waals surface area contributed by atoms with Crippen molar-refractivity contribution in [3.8, 4) is 50.6 Å². The van der Waals surface area contributed by atoms with E-state index in [9.17, 15) is 0 Å². The van der Waals surface area contributed by atoms with Crippen LogP contribution in [0.2, 0.25) is 0 Å². The summed E-state index contributed by atoms with van der Waals surface area (Å²) in [5, 5.41) is 4.53. The van der Waals surface area contributed by atoms with E-state index in [1.165, 1.54) is 5.39 Å². The highest BCUT2D eigenvalue weighted by Crippen LogP contribution is 2.46. The van der Waals surface area contributed by atoms with Gasteiger partial charge in [0.1, 0.15) is 17.1 Å². The summed E-state index contributed by atoms with van der Waals surface area (Å²) in [4.78, 5) is 4.82. The highest BCUT2D eigenvalue weighted by Gasteiger charge is 2.20. The molecule has 0 amide bonds. The number of ether oxygens (including phenoxy) is 1. The van der Waals surface area contributed by atoms with Crippen LogP contribution in [-0.4, -0.2) is 9.55 Å². The first-order chi connectivity index (χ1) is 24.8. The molecule has 0 fully saturated rings. The van der Waals surface area contributed by atoms with Gasteiger partial charge in [0.2, 0.25) is 0 Å². The number of hydrogen-bond acceptors (Lipinski definition) is 2. The zero-order chi connectivity index (χ0) is 33.0. The maximum Gasteiger partial charge on any atom is 0.145 e. The minimum absolute atomic E-state index is 0.833. The molecule has 3 nitrogen and oxygen atoms in total. The molecule has 9 aromatic rings. The molecule has 7 aromatic carbocycles. The molecule has 0 aliphatic carbocycles. The normalized spacial score (nSPS) is 12.1. The van der Waals surface area contributed by atoms with Crippen LogP contribution >= 0.6 is 0 Å². The van der Waals surface area contributed by atoms with E-state index in [2.05, 4.69) is 162 Å². The van der Waals surface area contributed by atoms with Crippen LogP contribution in [0.5, 0.6) is 11.5 Å². The third-order valence-electron chi connectivity index (χ3n) is 9.89. The van der Waals surface area contributed by atoms with E-state index in [-0.39, 0.29) is 0 Å². The fourth-order valence-electron chi connectivity index (χ4n) is 7.50. The first-order valence-electron chi connectivity index (χ1n) is 17.0. The molecular formula is C47H30N2O. The molecule has 2 aromatic heterocycles. The Morgan fingerprint density at radius 3 is 2.10 bits per heavy atom. The van der Waals surface area contributed by atoms with Gasteiger partial charge in [-0.2, -0.15) is 0 Å². The fourth-order valence-corrected chi connectivity index (χ4v) is 7.50. The van der Waals surface area contributed by atoms with E-state index in [0.29, 0.717) is 0 Å². The number of rotatable bonds is 2. The third kappa shape index (κ3) is 4.56. The lowest BCUT2D eigenvalue weighted by molar-refractivity contribution is 0.492. The Balaban J connectivity index is 1.22. The Morgan fingerprint density at radius 1 is 0.460 bits per heavy atom. The van der Waals surface area contributed by atoms with Crippen molar-refractivity contribution in [3.05, 3.63) is 181 Å². The van der Waals surface area contributed by atoms with Gasteiger partial charge in [0.05, 0.1) is 5.52 Å². The van der Waals surface area contributed by atoms with Crippen molar-refractivity contribution >= 4 is 44.9 Å². The molecule has 1 aliphatic heterocycles. The molecule has 3 heteroatoms. The van der Waals surface area contributed by atoms with Gasteiger partial charge in [0.15, 0.2) is 0 Å². The van der Waals surface area contributed by atoms with Gasteiger partial charge >= 0.3 is 0 Å². The second-order valence-corrected chi connectivity index (χ2v) is 12.8. The molecule has 0 saturated heterocycles. The summed E-state index contributed by atoms with van der Waals surface area (Å²) >= 11 is 0. The summed E-state index contributed by atoms with van der Waals surface area (Å²) in [5.41, 5.74) is 12.1. The van der Waals surface area contributed by atoms with Gasteiger partial charge in [-0.05, 0) is 93.4 Å². The van der Waals surface area contributed by atoms with Crippen LogP contribution < -0.4 is 4.74 Å². The van der Waals surface area contributed by atoms with Crippen LogP contribution in [0.1, 0.15) is 11.1 Å². The molecule has 0 N–H and O–H groups in total. The van der Waals surface area contributed by atoms with E-state index >= 15 is 0 Å². The van der Waals surface area contributed by atoms with Crippen molar-refractivity contribution in [2.75, 3.05) is 0 Å². The zero-order valence-corrected chi connectivity index (χ0v) is 27.1. The maximum absolute atomic E-state index is 7.06. The number of benzene rings is 7. The summed E-state index contributed by atoms with van der Waals surface area (Å²) in [6, 6.07) is 58.0. The first kappa shape index (κ1) is 28.3. The van der Waals surface area contributed by atoms with Crippen LogP contribution in [0.15, 0.2) is 170 Å². The Kier molecular flexibility index (Phi) is 6.49. The Hall–Kier alpha value is -6.71. The highest BCUT2D eigenvalue weighted by molar-refractivity contribution is 6.09. The topological polar surface area (TPSA) is 27.1 Å². The Labute approximate surface area is 290 Å². The van der Waals surface area contributed by atoms with Crippen LogP contribution in [0, 0.1) is 0 Å². The molecule has 1 aliphatic rings. The molecule has 0 radical (unpaired) electrons. The molecule has 0 unspecified atom stereocenters. The van der Waals surface area contributed by atoms with Gasteiger partial charge in [-0.25, -0.2) is 4.98 Å². The molecule has 234 valence electrons. The van der Waals surface area contributed by atoms with E-state index in [1.807, 2.05) is 24.4 Å². The lowest BCUT2D eigenvalue weighted by Crippen LogP contribution is -1.95. The number of hydrogen-bond donors (Lipinski definition) is 0. The molecule has 10 rings (SSSR count). The first-order valence-corrected chi connectivity index (χ1v) is 17.0. The van der Waals surface area contributed by atoms with Gasteiger partial charge < -0.3 is 4.74 Å². The van der Waals surface area contributed by atoms with Gasteiger partial charge in [-0.3, -0.25) is 4.57 Å². The molecule has 0 spiro atoms. The van der Waals surface area contributed by atoms with Gasteiger partial charge in [-0.1, -0.05) is 121 Å². The van der Waals surface area contributed by atoms with Crippen molar-refractivity contribution in [1.82, 2.24) is 9.55 Å². The van der Waals surface area contributed by atoms with Gasteiger partial charge in [-0.15, -0.1) is 0 Å². The molecule has 3 heterocycles. The van der Waals surface area contributed by atoms with E-state index in [1.54, 1.807) is 0 Å². The summed E-state index contributed by atoms with van der Waals surface area (Å²) in [5.74, 6) is 1.69. The standard InChI is InChI=1S/C47H30N2O/c1-2-13-36(14-3-1)49-44-27-25-35(30-43(44)41-18-10-28-48-47(41)49)34-23-22-33-21-20-31-11-4-6-15-37(31)39-17-8-9-19-45(39)50-46-38-16-7-5-12-32(38)24-26-40(46)42(33)29-34/h1-30H. The second kappa shape index (κ2) is 11.5. The summed E-state index contributed by atoms with van der Waals surface area (Å²) in [7, 11) is 0. The number of fused-ring (bicyclic) bond motifs is 11. The molecule has 0 atom stereocenters. The predicted molar refractivity (Wildman–Crippen MR) is 208 cm³/mol. The Morgan fingerprint density at radius 2 is 1.18 bits per heavy atom. The number of para-hydroxylation sites is 2. The number of aromatic nitrogens is 2. The van der Waals surface area contributed by atoms with Crippen LogP contribution in [0.3, 0.4) is 0 Å². The second-order valence-electron chi connectivity index (χ2n) is 12.8. The van der Waals surface area contributed by atoms with Crippen molar-refractivity contribution in [2.24, 2.45) is 0 Å². The fraction of sp³-hybridized carbons (Fsp3) is 0. The predicted octanol–water partition coefficient (Wildman–Crippen LogP) is 12.6. The maximum atomic E-state index is 7.06. The van der Waals surface area contributed by atoms with E-state index < -0.39 is 0 Å². The van der Waals surface area contributed by atoms with Crippen molar-refractivity contribution in [1.29, 1.82) is 0 Å². The van der Waals surface area contributed by atoms with E-state index in [4.69, 9.17) is 9.72 Å². The minimum Gasteiger partial charge on any atom is -0.455 e. The molecule has 50 heavy (non-hydrogen) atoms. The highest BCUT2D eigenvalue weighted by atomic mass is 16.5. The van der Waals surface area contributed by atoms with Crippen LogP contribution in [-0.2, 0) is 0 Å². The number of pyridine rings is 1. The molecule has 0 bridgehead atoms. The van der Waals surface area contributed by atoms with Crippen LogP contribution in [0.4, 0.5) is 0 Å². The van der Waals surface area contributed by atoms with E-state index in [0.717, 1.165) is 89.0 Å². The third-order valence-corrected chi connectivity index (χ3v) is 9.89. The number of nitrogens with zero attached hydrogens (tertiary/aromatic N) is 2. The smallest absolute Gasteiger partial charge is 0.145 e. The van der Waals surface area contributed by atoms with Gasteiger partial charge in [0.25, 0.3) is 0 Å². The SMILES string of the molecule is C1=Cc2ccc(-c3ccc4c(c3)c3cccnc3n4-c3ccccc3)cc2-c2ccc3ccccc3c2Oc2ccccc2-c2ccccc21. The summed E-state index contributed by atoms with van der Waals surface area (Å²) in [6.45, 7) is 0. The monoisotopic (exact) mass is 638 g/mol. The average Bonchev–Trinajstić information content (AvgIpc) is 3.50. The Bertz CT molecular complexity index is 2790. The van der Waals surface area contributed by atoms with Crippen molar-refractivity contribution < 1.29 is 4.74 Å². The quantitative estimate of drug-likeness (QED) is 0.188. The zero-order valence-electron chi connectivity index (χ0n) is 27.1. The summed E-state index contributed by atoms with van der Waals surface area (Å²) < 4.78 is 9.31. The molecule has 0 saturated carbocycles.